The number of nitrogens with two attached hydrogens (primary N) is 1. The van der Waals surface area contributed by atoms with Crippen molar-refractivity contribution in [1.29, 1.82) is 0 Å². The molecule has 2 aromatic heterocycles. The van der Waals surface area contributed by atoms with Gasteiger partial charge in [-0.25, -0.2) is 4.98 Å². The first-order valence-electron chi connectivity index (χ1n) is 5.85. The molecule has 3 N–H and O–H groups in total. The Balaban J connectivity index is 1.90. The van der Waals surface area contributed by atoms with Crippen molar-refractivity contribution in [2.24, 2.45) is 5.92 Å². The van der Waals surface area contributed by atoms with Crippen molar-refractivity contribution < 1.29 is 4.79 Å². The number of hydrogen-bond donors (Lipinski definition) is 2. The molecule has 0 bridgehead atoms. The Kier molecular flexibility index (Phi) is 4.43. The van der Waals surface area contributed by atoms with E-state index in [-0.39, 0.29) is 12.3 Å². The van der Waals surface area contributed by atoms with Crippen molar-refractivity contribution in [2.75, 3.05) is 11.1 Å². The lowest BCUT2D eigenvalue weighted by molar-refractivity contribution is -0.115. The van der Waals surface area contributed by atoms with Crippen molar-refractivity contribution in [3.05, 3.63) is 16.1 Å². The fourth-order valence-corrected chi connectivity index (χ4v) is 3.00. The Morgan fingerprint density at radius 3 is 2.89 bits per heavy atom. The predicted octanol–water partition coefficient (Wildman–Crippen LogP) is 1.96. The highest BCUT2D eigenvalue weighted by Gasteiger charge is 2.11. The predicted molar refractivity (Wildman–Crippen MR) is 77.3 cm³/mol. The van der Waals surface area contributed by atoms with Crippen LogP contribution in [0.1, 0.15) is 24.5 Å². The standard InChI is InChI=1S/C11H15N5OS2/c1-6(2)3-9-15-16-11(19-9)14-8(17)4-7-5-18-10(12)13-7/h5-6H,3-4H2,1-2H3,(H2,12,13)(H,14,16,17). The molecular formula is C11H15N5OS2. The minimum absolute atomic E-state index is 0.155. The minimum Gasteiger partial charge on any atom is -0.375 e. The molecule has 2 heterocycles. The van der Waals surface area contributed by atoms with Gasteiger partial charge >= 0.3 is 0 Å². The van der Waals surface area contributed by atoms with E-state index in [1.165, 1.54) is 22.7 Å². The second-order valence-corrected chi connectivity index (χ2v) is 6.45. The second-order valence-electron chi connectivity index (χ2n) is 4.50. The lowest BCUT2D eigenvalue weighted by Gasteiger charge is -1.98. The van der Waals surface area contributed by atoms with Crippen molar-refractivity contribution in [3.63, 3.8) is 0 Å². The SMILES string of the molecule is CC(C)Cc1nnc(NC(=O)Cc2csc(N)n2)s1. The number of hydrogen-bond acceptors (Lipinski definition) is 7. The summed E-state index contributed by atoms with van der Waals surface area (Å²) in [5, 5.41) is 14.4. The molecule has 0 saturated heterocycles. The highest BCUT2D eigenvalue weighted by atomic mass is 32.1. The summed E-state index contributed by atoms with van der Waals surface area (Å²) >= 11 is 2.73. The van der Waals surface area contributed by atoms with Crippen LogP contribution >= 0.6 is 22.7 Å². The average Bonchev–Trinajstić information content (AvgIpc) is 2.88. The van der Waals surface area contributed by atoms with Crippen LogP contribution in [0.15, 0.2) is 5.38 Å². The van der Waals surface area contributed by atoms with Crippen LogP contribution in [0.2, 0.25) is 0 Å². The van der Waals surface area contributed by atoms with Crippen molar-refractivity contribution in [2.45, 2.75) is 26.7 Å². The molecule has 0 aliphatic rings. The molecule has 0 fully saturated rings. The Morgan fingerprint density at radius 2 is 2.26 bits per heavy atom. The van der Waals surface area contributed by atoms with Crippen LogP contribution in [0.25, 0.3) is 0 Å². The van der Waals surface area contributed by atoms with E-state index < -0.39 is 0 Å². The number of amides is 1. The summed E-state index contributed by atoms with van der Waals surface area (Å²) in [7, 11) is 0. The molecule has 8 heteroatoms. The molecule has 0 radical (unpaired) electrons. The maximum absolute atomic E-state index is 11.8. The molecule has 0 aliphatic heterocycles. The Bertz CT molecular complexity index is 563. The number of carbonyl (C=O) groups is 1. The second kappa shape index (κ2) is 6.07. The number of nitrogens with one attached hydrogen (secondary N) is 1. The molecular weight excluding hydrogens is 282 g/mol. The molecule has 1 amide bonds. The quantitative estimate of drug-likeness (QED) is 0.879. The third-order valence-electron chi connectivity index (χ3n) is 2.21. The molecule has 0 spiro atoms. The monoisotopic (exact) mass is 297 g/mol. The van der Waals surface area contributed by atoms with Gasteiger partial charge in [0.05, 0.1) is 12.1 Å². The van der Waals surface area contributed by atoms with E-state index in [9.17, 15) is 4.79 Å². The highest BCUT2D eigenvalue weighted by molar-refractivity contribution is 7.15. The molecule has 0 aromatic carbocycles. The summed E-state index contributed by atoms with van der Waals surface area (Å²) in [5.74, 6) is 0.368. The van der Waals surface area contributed by atoms with Crippen molar-refractivity contribution in [1.82, 2.24) is 15.2 Å². The zero-order chi connectivity index (χ0) is 13.8. The molecule has 0 aliphatic carbocycles. The first-order chi connectivity index (χ1) is 9.02. The van der Waals surface area contributed by atoms with E-state index in [1.807, 2.05) is 0 Å². The van der Waals surface area contributed by atoms with Crippen LogP contribution < -0.4 is 11.1 Å². The van der Waals surface area contributed by atoms with Gasteiger partial charge in [-0.2, -0.15) is 0 Å². The fraction of sp³-hybridized carbons (Fsp3) is 0.455. The van der Waals surface area contributed by atoms with Gasteiger partial charge in [0.1, 0.15) is 5.01 Å². The number of aromatic nitrogens is 3. The first kappa shape index (κ1) is 13.9. The molecule has 102 valence electrons. The van der Waals surface area contributed by atoms with Crippen LogP contribution in [0.3, 0.4) is 0 Å². The van der Waals surface area contributed by atoms with Gasteiger partial charge in [0.2, 0.25) is 11.0 Å². The Labute approximate surface area is 119 Å². The summed E-state index contributed by atoms with van der Waals surface area (Å²) < 4.78 is 0. The summed E-state index contributed by atoms with van der Waals surface area (Å²) in [5.41, 5.74) is 6.19. The van der Waals surface area contributed by atoms with Gasteiger partial charge in [-0.1, -0.05) is 25.2 Å². The first-order valence-corrected chi connectivity index (χ1v) is 7.54. The van der Waals surface area contributed by atoms with Crippen molar-refractivity contribution in [3.8, 4) is 0 Å². The average molecular weight is 297 g/mol. The van der Waals surface area contributed by atoms with E-state index in [2.05, 4.69) is 34.3 Å². The minimum atomic E-state index is -0.155. The number of anilines is 2. The van der Waals surface area contributed by atoms with Crippen LogP contribution in [-0.4, -0.2) is 21.1 Å². The lowest BCUT2D eigenvalue weighted by Crippen LogP contribution is -2.14. The van der Waals surface area contributed by atoms with E-state index >= 15 is 0 Å². The normalized spacial score (nSPS) is 10.9. The molecule has 6 nitrogen and oxygen atoms in total. The van der Waals surface area contributed by atoms with Gasteiger partial charge in [0.25, 0.3) is 0 Å². The number of carbonyl (C=O) groups excluding carboxylic acids is 1. The smallest absolute Gasteiger partial charge is 0.232 e. The number of rotatable bonds is 5. The molecule has 0 unspecified atom stereocenters. The van der Waals surface area contributed by atoms with Gasteiger partial charge in [-0.15, -0.1) is 21.5 Å². The van der Waals surface area contributed by atoms with E-state index in [0.29, 0.717) is 21.9 Å². The van der Waals surface area contributed by atoms with Crippen LogP contribution in [0.4, 0.5) is 10.3 Å². The molecule has 0 saturated carbocycles. The fourth-order valence-electron chi connectivity index (χ4n) is 1.47. The van der Waals surface area contributed by atoms with Crippen LogP contribution in [0, 0.1) is 5.92 Å². The zero-order valence-corrected chi connectivity index (χ0v) is 12.3. The third-order valence-corrected chi connectivity index (χ3v) is 3.79. The molecule has 2 aromatic rings. The maximum atomic E-state index is 11.8. The van der Waals surface area contributed by atoms with E-state index in [0.717, 1.165) is 11.4 Å². The summed E-state index contributed by atoms with van der Waals surface area (Å²) in [6, 6.07) is 0. The van der Waals surface area contributed by atoms with Crippen LogP contribution in [-0.2, 0) is 17.6 Å². The third kappa shape index (κ3) is 4.25. The molecule has 19 heavy (non-hydrogen) atoms. The van der Waals surface area contributed by atoms with Crippen molar-refractivity contribution >= 4 is 38.8 Å². The molecule has 2 rings (SSSR count). The Morgan fingerprint density at radius 1 is 1.47 bits per heavy atom. The topological polar surface area (TPSA) is 93.8 Å². The number of thiazole rings is 1. The van der Waals surface area contributed by atoms with Gasteiger partial charge in [0, 0.05) is 11.8 Å². The zero-order valence-electron chi connectivity index (χ0n) is 10.7. The molecule has 0 atom stereocenters. The van der Waals surface area contributed by atoms with Gasteiger partial charge in [-0.3, -0.25) is 4.79 Å². The van der Waals surface area contributed by atoms with Gasteiger partial charge < -0.3 is 11.1 Å². The van der Waals surface area contributed by atoms with E-state index in [4.69, 9.17) is 5.73 Å². The number of nitrogens with zero attached hydrogens (tertiary/aromatic N) is 3. The number of nitrogen functional groups attached to an aromatic ring is 1. The van der Waals surface area contributed by atoms with E-state index in [1.54, 1.807) is 5.38 Å². The largest absolute Gasteiger partial charge is 0.375 e. The van der Waals surface area contributed by atoms with Crippen LogP contribution in [0.5, 0.6) is 0 Å². The van der Waals surface area contributed by atoms with Gasteiger partial charge in [0.15, 0.2) is 5.13 Å². The highest BCUT2D eigenvalue weighted by Crippen LogP contribution is 2.18. The Hall–Kier alpha value is -1.54. The van der Waals surface area contributed by atoms with Gasteiger partial charge in [-0.05, 0) is 5.92 Å². The summed E-state index contributed by atoms with van der Waals surface area (Å²) in [4.78, 5) is 15.8. The maximum Gasteiger partial charge on any atom is 0.232 e. The lowest BCUT2D eigenvalue weighted by atomic mass is 10.1. The summed E-state index contributed by atoms with van der Waals surface area (Å²) in [6.45, 7) is 4.23. The summed E-state index contributed by atoms with van der Waals surface area (Å²) in [6.07, 6.45) is 1.07.